The van der Waals surface area contributed by atoms with E-state index >= 15 is 0 Å². The summed E-state index contributed by atoms with van der Waals surface area (Å²) in [6.45, 7) is 0. The van der Waals surface area contributed by atoms with E-state index in [1.54, 1.807) is 11.3 Å². The Morgan fingerprint density at radius 3 is 1.68 bits per heavy atom. The van der Waals surface area contributed by atoms with E-state index in [1.807, 2.05) is 0 Å². The predicted octanol–water partition coefficient (Wildman–Crippen LogP) is 10.9. The molecule has 0 atom stereocenters. The van der Waals surface area contributed by atoms with E-state index in [0.29, 0.717) is 0 Å². The van der Waals surface area contributed by atoms with Crippen molar-refractivity contribution in [3.63, 3.8) is 0 Å². The van der Waals surface area contributed by atoms with E-state index in [2.05, 4.69) is 138 Å². The first kappa shape index (κ1) is 22.4. The second-order valence-corrected chi connectivity index (χ2v) is 12.1. The average Bonchev–Trinajstić information content (AvgIpc) is 3.51. The number of rotatable bonds is 1. The van der Waals surface area contributed by atoms with Gasteiger partial charge in [-0.2, -0.15) is 0 Å². The Morgan fingerprint density at radius 1 is 0.500 bits per heavy atom. The predicted molar refractivity (Wildman–Crippen MR) is 170 cm³/mol. The van der Waals surface area contributed by atoms with Gasteiger partial charge in [0, 0.05) is 25.2 Å². The van der Waals surface area contributed by atoms with Crippen LogP contribution in [0, 0.1) is 0 Å². The van der Waals surface area contributed by atoms with E-state index in [-0.39, 0.29) is 0 Å². The monoisotopic (exact) mass is 547 g/mol. The molecule has 0 fully saturated rings. The summed E-state index contributed by atoms with van der Waals surface area (Å²) >= 11 is 8.66. The van der Waals surface area contributed by atoms with Gasteiger partial charge >= 0.3 is 0 Å². The number of benzene rings is 6. The van der Waals surface area contributed by atoms with E-state index in [1.165, 1.54) is 64.9 Å². The summed E-state index contributed by atoms with van der Waals surface area (Å²) in [7, 11) is 0. The van der Waals surface area contributed by atoms with Crippen LogP contribution in [-0.4, -0.2) is 0 Å². The van der Waals surface area contributed by atoms with E-state index in [4.69, 9.17) is 11.6 Å². The largest absolute Gasteiger partial charge is 0.309 e. The minimum absolute atomic E-state index is 0.411. The van der Waals surface area contributed by atoms with Gasteiger partial charge in [-0.1, -0.05) is 115 Å². The third-order valence-electron chi connectivity index (χ3n) is 8.71. The molecule has 0 radical (unpaired) electrons. The number of hydrogen-bond acceptors (Lipinski definition) is 2. The maximum Gasteiger partial charge on any atom is 0.0754 e. The van der Waals surface area contributed by atoms with Crippen molar-refractivity contribution in [2.24, 2.45) is 0 Å². The maximum atomic E-state index is 6.86. The molecule has 40 heavy (non-hydrogen) atoms. The van der Waals surface area contributed by atoms with E-state index in [9.17, 15) is 0 Å². The third kappa shape index (κ3) is 2.72. The summed E-state index contributed by atoms with van der Waals surface area (Å²) in [6, 6.07) is 48.7. The van der Waals surface area contributed by atoms with Gasteiger partial charge in [-0.3, -0.25) is 0 Å². The molecule has 3 heteroatoms. The fourth-order valence-corrected chi connectivity index (χ4v) is 8.74. The van der Waals surface area contributed by atoms with Crippen molar-refractivity contribution >= 4 is 60.2 Å². The van der Waals surface area contributed by atoms with Gasteiger partial charge in [0.05, 0.1) is 22.5 Å². The molecule has 1 aliphatic carbocycles. The van der Waals surface area contributed by atoms with E-state index in [0.717, 1.165) is 10.7 Å². The van der Waals surface area contributed by atoms with Crippen LogP contribution < -0.4 is 4.90 Å². The Kier molecular flexibility index (Phi) is 4.53. The Hall–Kier alpha value is -4.37. The lowest BCUT2D eigenvalue weighted by Crippen LogP contribution is -2.36. The zero-order chi connectivity index (χ0) is 26.4. The molecule has 0 unspecified atom stereocenters. The van der Waals surface area contributed by atoms with Crippen LogP contribution in [0.2, 0.25) is 5.02 Å². The van der Waals surface area contributed by atoms with Gasteiger partial charge in [0.15, 0.2) is 0 Å². The standard InChI is InChI=1S/C37H22ClNS/c38-23-21-33(36-26-13-3-10-20-34(26)40-35(36)22-23)39-31-18-8-6-16-29(31)37(30-17-7-9-19-32(30)39)27-14-4-1-11-24(27)25-12-2-5-15-28(25)37/h1-22H. The first-order chi connectivity index (χ1) is 19.8. The third-order valence-corrected chi connectivity index (χ3v) is 10.0. The van der Waals surface area contributed by atoms with Crippen LogP contribution >= 0.6 is 22.9 Å². The number of fused-ring (bicyclic) bond motifs is 12. The molecule has 2 heterocycles. The summed E-state index contributed by atoms with van der Waals surface area (Å²) < 4.78 is 2.48. The molecule has 0 amide bonds. The molecule has 1 aromatic heterocycles. The van der Waals surface area contributed by atoms with Gasteiger partial charge in [0.2, 0.25) is 0 Å². The number of thiophene rings is 1. The maximum absolute atomic E-state index is 6.86. The van der Waals surface area contributed by atoms with Crippen molar-refractivity contribution in [2.45, 2.75) is 5.41 Å². The van der Waals surface area contributed by atoms with Gasteiger partial charge in [-0.05, 0) is 63.7 Å². The van der Waals surface area contributed by atoms with Gasteiger partial charge < -0.3 is 4.90 Å². The fourth-order valence-electron chi connectivity index (χ4n) is 7.30. The molecule has 188 valence electrons. The van der Waals surface area contributed by atoms with Crippen molar-refractivity contribution in [3.05, 3.63) is 161 Å². The molecule has 7 aromatic rings. The first-order valence-electron chi connectivity index (χ1n) is 13.6. The summed E-state index contributed by atoms with van der Waals surface area (Å²) in [5.41, 5.74) is 11.0. The molecular weight excluding hydrogens is 526 g/mol. The quantitative estimate of drug-likeness (QED) is 0.197. The number of halogens is 1. The molecule has 1 spiro atoms. The summed E-state index contributed by atoms with van der Waals surface area (Å²) in [6.07, 6.45) is 0. The van der Waals surface area contributed by atoms with Crippen LogP contribution in [-0.2, 0) is 5.41 Å². The molecule has 0 N–H and O–H groups in total. The highest BCUT2D eigenvalue weighted by Gasteiger charge is 2.51. The average molecular weight is 548 g/mol. The van der Waals surface area contributed by atoms with Crippen molar-refractivity contribution in [2.75, 3.05) is 4.90 Å². The number of nitrogens with zero attached hydrogens (tertiary/aromatic N) is 1. The van der Waals surface area contributed by atoms with Crippen molar-refractivity contribution < 1.29 is 0 Å². The summed E-state index contributed by atoms with van der Waals surface area (Å²) in [5.74, 6) is 0. The molecule has 9 rings (SSSR count). The van der Waals surface area contributed by atoms with Crippen LogP contribution in [0.15, 0.2) is 133 Å². The molecule has 6 aromatic carbocycles. The topological polar surface area (TPSA) is 3.24 Å². The minimum Gasteiger partial charge on any atom is -0.309 e. The molecule has 1 nitrogen and oxygen atoms in total. The lowest BCUT2D eigenvalue weighted by Gasteiger charge is -2.45. The van der Waals surface area contributed by atoms with Crippen molar-refractivity contribution in [1.29, 1.82) is 0 Å². The van der Waals surface area contributed by atoms with E-state index < -0.39 is 5.41 Å². The molecule has 0 saturated heterocycles. The molecule has 2 aliphatic rings. The lowest BCUT2D eigenvalue weighted by atomic mass is 9.64. The Morgan fingerprint density at radius 2 is 1.02 bits per heavy atom. The Labute approximate surface area is 241 Å². The highest BCUT2D eigenvalue weighted by Crippen LogP contribution is 2.63. The van der Waals surface area contributed by atoms with Gasteiger partial charge in [-0.15, -0.1) is 11.3 Å². The van der Waals surface area contributed by atoms with Gasteiger partial charge in [-0.25, -0.2) is 0 Å². The minimum atomic E-state index is -0.411. The van der Waals surface area contributed by atoms with Crippen LogP contribution in [0.5, 0.6) is 0 Å². The van der Waals surface area contributed by atoms with Crippen molar-refractivity contribution in [1.82, 2.24) is 0 Å². The SMILES string of the molecule is Clc1cc(N2c3ccccc3C3(c4ccccc4-c4ccccc43)c3ccccc32)c2c(c1)sc1ccccc12. The zero-order valence-electron chi connectivity index (χ0n) is 21.4. The molecule has 0 saturated carbocycles. The van der Waals surface area contributed by atoms with Crippen LogP contribution in [0.3, 0.4) is 0 Å². The smallest absolute Gasteiger partial charge is 0.0754 e. The molecule has 1 aliphatic heterocycles. The second-order valence-electron chi connectivity index (χ2n) is 10.6. The fraction of sp³-hybridized carbons (Fsp3) is 0.0270. The highest BCUT2D eigenvalue weighted by molar-refractivity contribution is 7.26. The summed E-state index contributed by atoms with van der Waals surface area (Å²) in [4.78, 5) is 2.45. The summed E-state index contributed by atoms with van der Waals surface area (Å²) in [5, 5.41) is 3.26. The normalized spacial score (nSPS) is 14.3. The first-order valence-corrected chi connectivity index (χ1v) is 14.8. The molecule has 0 bridgehead atoms. The highest BCUT2D eigenvalue weighted by atomic mass is 35.5. The van der Waals surface area contributed by atoms with Crippen LogP contribution in [0.25, 0.3) is 31.3 Å². The zero-order valence-corrected chi connectivity index (χ0v) is 23.0. The molecular formula is C37H22ClNS. The number of para-hydroxylation sites is 2. The lowest BCUT2D eigenvalue weighted by molar-refractivity contribution is 0.753. The second kappa shape index (κ2) is 8.08. The number of anilines is 3. The Balaban J connectivity index is 1.45. The van der Waals surface area contributed by atoms with Crippen LogP contribution in [0.1, 0.15) is 22.3 Å². The van der Waals surface area contributed by atoms with Crippen LogP contribution in [0.4, 0.5) is 17.1 Å². The van der Waals surface area contributed by atoms with Gasteiger partial charge in [0.1, 0.15) is 0 Å². The number of hydrogen-bond donors (Lipinski definition) is 0. The van der Waals surface area contributed by atoms with Crippen molar-refractivity contribution in [3.8, 4) is 11.1 Å². The Bertz CT molecular complexity index is 2060. The van der Waals surface area contributed by atoms with Gasteiger partial charge in [0.25, 0.3) is 0 Å².